The van der Waals surface area contributed by atoms with Crippen LogP contribution in [0.5, 0.6) is 0 Å². The summed E-state index contributed by atoms with van der Waals surface area (Å²) in [5, 5.41) is 3.45. The molecule has 5 rings (SSSR count). The number of benzene rings is 2. The summed E-state index contributed by atoms with van der Waals surface area (Å²) in [6.07, 6.45) is 5.04. The molecule has 3 heterocycles. The van der Waals surface area contributed by atoms with Gasteiger partial charge in [0.25, 0.3) is 11.5 Å². The molecule has 0 fully saturated rings. The van der Waals surface area contributed by atoms with E-state index < -0.39 is 11.9 Å². The number of fused-ring (bicyclic) bond motifs is 2. The predicted octanol–water partition coefficient (Wildman–Crippen LogP) is 2.73. The van der Waals surface area contributed by atoms with Crippen molar-refractivity contribution in [2.75, 3.05) is 0 Å². The third-order valence-electron chi connectivity index (χ3n) is 5.65. The van der Waals surface area contributed by atoms with Gasteiger partial charge >= 0.3 is 0 Å². The van der Waals surface area contributed by atoms with Gasteiger partial charge in [0.1, 0.15) is 23.5 Å². The van der Waals surface area contributed by atoms with Gasteiger partial charge in [-0.3, -0.25) is 14.2 Å². The summed E-state index contributed by atoms with van der Waals surface area (Å²) in [5.41, 5.74) is 1.38. The lowest BCUT2D eigenvalue weighted by Crippen LogP contribution is -2.31. The summed E-state index contributed by atoms with van der Waals surface area (Å²) in [4.78, 5) is 34.7. The van der Waals surface area contributed by atoms with Crippen LogP contribution in [0.25, 0.3) is 10.9 Å². The van der Waals surface area contributed by atoms with Crippen molar-refractivity contribution < 1.29 is 9.18 Å². The zero-order chi connectivity index (χ0) is 21.5. The quantitative estimate of drug-likeness (QED) is 0.554. The number of hydrogen-bond donors (Lipinski definition) is 1. The van der Waals surface area contributed by atoms with E-state index in [1.165, 1.54) is 12.1 Å². The van der Waals surface area contributed by atoms with Gasteiger partial charge in [-0.15, -0.1) is 0 Å². The molecular weight excluding hydrogens is 397 g/mol. The fraction of sp³-hybridized carbons (Fsp3) is 0.217. The summed E-state index contributed by atoms with van der Waals surface area (Å²) >= 11 is 0. The molecule has 0 spiro atoms. The van der Waals surface area contributed by atoms with E-state index in [0.717, 1.165) is 18.7 Å². The third kappa shape index (κ3) is 3.39. The molecule has 7 nitrogen and oxygen atoms in total. The van der Waals surface area contributed by atoms with E-state index in [4.69, 9.17) is 0 Å². The van der Waals surface area contributed by atoms with Crippen molar-refractivity contribution in [2.45, 2.75) is 25.4 Å². The molecule has 1 aliphatic rings. The summed E-state index contributed by atoms with van der Waals surface area (Å²) in [7, 11) is 1.81. The zero-order valence-corrected chi connectivity index (χ0v) is 16.9. The van der Waals surface area contributed by atoms with Crippen molar-refractivity contribution in [3.63, 3.8) is 0 Å². The number of rotatable bonds is 4. The first-order chi connectivity index (χ1) is 15.0. The Bertz CT molecular complexity index is 1370. The lowest BCUT2D eigenvalue weighted by atomic mass is 10.0. The molecule has 0 aliphatic carbocycles. The van der Waals surface area contributed by atoms with Crippen molar-refractivity contribution >= 4 is 16.8 Å². The fourth-order valence-electron chi connectivity index (χ4n) is 4.08. The Morgan fingerprint density at radius 3 is 2.87 bits per heavy atom. The second kappa shape index (κ2) is 7.46. The number of halogens is 1. The molecule has 156 valence electrons. The molecule has 1 N–H and O–H groups in total. The van der Waals surface area contributed by atoms with E-state index in [9.17, 15) is 14.0 Å². The van der Waals surface area contributed by atoms with Crippen molar-refractivity contribution in [3.05, 3.63) is 93.8 Å². The summed E-state index contributed by atoms with van der Waals surface area (Å²) in [6, 6.07) is 10.3. The Balaban J connectivity index is 1.52. The van der Waals surface area contributed by atoms with Gasteiger partial charge in [0.2, 0.25) is 0 Å². The van der Waals surface area contributed by atoms with Crippen LogP contribution in [0, 0.1) is 5.82 Å². The predicted molar refractivity (Wildman–Crippen MR) is 113 cm³/mol. The van der Waals surface area contributed by atoms with Gasteiger partial charge in [-0.1, -0.05) is 12.1 Å². The van der Waals surface area contributed by atoms with Crippen LogP contribution in [0.15, 0.2) is 59.7 Å². The fourth-order valence-corrected chi connectivity index (χ4v) is 4.08. The number of carbonyl (C=O) groups excluding carboxylic acids is 1. The number of nitrogens with zero attached hydrogens (tertiary/aromatic N) is 4. The van der Waals surface area contributed by atoms with Gasteiger partial charge < -0.3 is 9.88 Å². The van der Waals surface area contributed by atoms with Crippen LogP contribution in [-0.2, 0) is 20.0 Å². The maximum absolute atomic E-state index is 13.9. The number of carbonyl (C=O) groups is 1. The van der Waals surface area contributed by atoms with Gasteiger partial charge in [-0.05, 0) is 42.3 Å². The largest absolute Gasteiger partial charge is 0.338 e. The molecular formula is C23H20FN5O2. The first kappa shape index (κ1) is 19.2. The molecule has 0 radical (unpaired) electrons. The Hall–Kier alpha value is -3.81. The van der Waals surface area contributed by atoms with Gasteiger partial charge in [0, 0.05) is 38.0 Å². The number of nitrogens with one attached hydrogen (secondary N) is 1. The van der Waals surface area contributed by atoms with Gasteiger partial charge in [-0.25, -0.2) is 14.4 Å². The normalized spacial score (nSPS) is 13.9. The molecule has 0 saturated heterocycles. The van der Waals surface area contributed by atoms with Gasteiger partial charge in [-0.2, -0.15) is 0 Å². The van der Waals surface area contributed by atoms with Crippen LogP contribution >= 0.6 is 0 Å². The minimum Gasteiger partial charge on any atom is -0.338 e. The molecule has 1 atom stereocenters. The maximum Gasteiger partial charge on any atom is 0.261 e. The summed E-state index contributed by atoms with van der Waals surface area (Å²) < 4.78 is 17.3. The van der Waals surface area contributed by atoms with E-state index in [1.807, 2.05) is 7.05 Å². The zero-order valence-electron chi connectivity index (χ0n) is 16.9. The van der Waals surface area contributed by atoms with Crippen LogP contribution in [0.2, 0.25) is 0 Å². The molecule has 2 aromatic heterocycles. The minimum absolute atomic E-state index is 0.0740. The smallest absolute Gasteiger partial charge is 0.261 e. The van der Waals surface area contributed by atoms with Crippen LogP contribution < -0.4 is 10.9 Å². The topological polar surface area (TPSA) is 81.8 Å². The Morgan fingerprint density at radius 1 is 1.23 bits per heavy atom. The molecule has 2 aromatic carbocycles. The number of aromatic nitrogens is 4. The van der Waals surface area contributed by atoms with Crippen molar-refractivity contribution in [3.8, 4) is 0 Å². The first-order valence-electron chi connectivity index (χ1n) is 10.1. The first-order valence-corrected chi connectivity index (χ1v) is 10.1. The highest BCUT2D eigenvalue weighted by Crippen LogP contribution is 2.23. The molecule has 0 saturated carbocycles. The molecule has 1 amide bonds. The SMILES string of the molecule is Cn1ccnc1[C@H](NC(=O)c1ccc2c(=O)n3c(nc2c1)CCC3)c1cccc(F)c1. The standard InChI is InChI=1S/C23H20FN5O2/c1-28-11-9-25-21(28)20(14-4-2-5-16(24)12-14)27-22(30)15-7-8-17-18(13-15)26-19-6-3-10-29(19)23(17)31/h2,4-5,7-9,11-13,20H,3,6,10H2,1H3,(H,27,30)/t20-/m1/s1. The minimum atomic E-state index is -0.641. The van der Waals surface area contributed by atoms with Gasteiger partial charge in [0.15, 0.2) is 0 Å². The van der Waals surface area contributed by atoms with Crippen LogP contribution in [-0.4, -0.2) is 25.0 Å². The third-order valence-corrected chi connectivity index (χ3v) is 5.65. The lowest BCUT2D eigenvalue weighted by Gasteiger charge is -2.19. The van der Waals surface area contributed by atoms with Crippen molar-refractivity contribution in [1.29, 1.82) is 0 Å². The van der Waals surface area contributed by atoms with E-state index in [-0.39, 0.29) is 11.5 Å². The second-order valence-electron chi connectivity index (χ2n) is 7.68. The highest BCUT2D eigenvalue weighted by molar-refractivity contribution is 5.98. The number of hydrogen-bond acceptors (Lipinski definition) is 4. The van der Waals surface area contributed by atoms with Gasteiger partial charge in [0.05, 0.1) is 10.9 Å². The molecule has 1 aliphatic heterocycles. The lowest BCUT2D eigenvalue weighted by molar-refractivity contribution is 0.0941. The Labute approximate surface area is 177 Å². The van der Waals surface area contributed by atoms with E-state index >= 15 is 0 Å². The molecule has 0 unspecified atom stereocenters. The van der Waals surface area contributed by atoms with Crippen LogP contribution in [0.3, 0.4) is 0 Å². The van der Waals surface area contributed by atoms with E-state index in [2.05, 4.69) is 15.3 Å². The van der Waals surface area contributed by atoms with Crippen LogP contribution in [0.1, 0.15) is 40.0 Å². The van der Waals surface area contributed by atoms with Crippen molar-refractivity contribution in [2.24, 2.45) is 7.05 Å². The molecule has 8 heteroatoms. The monoisotopic (exact) mass is 417 g/mol. The number of amides is 1. The van der Waals surface area contributed by atoms with Crippen molar-refractivity contribution in [1.82, 2.24) is 24.4 Å². The average Bonchev–Trinajstić information content (AvgIpc) is 3.40. The van der Waals surface area contributed by atoms with E-state index in [1.54, 1.807) is 51.9 Å². The number of aryl methyl sites for hydroxylation is 2. The summed E-state index contributed by atoms with van der Waals surface area (Å²) in [5.74, 6) is 0.575. The Morgan fingerprint density at radius 2 is 2.10 bits per heavy atom. The highest BCUT2D eigenvalue weighted by atomic mass is 19.1. The molecule has 31 heavy (non-hydrogen) atoms. The average molecular weight is 417 g/mol. The molecule has 4 aromatic rings. The Kier molecular flexibility index (Phi) is 4.62. The summed E-state index contributed by atoms with van der Waals surface area (Å²) in [6.45, 7) is 0.679. The van der Waals surface area contributed by atoms with Crippen LogP contribution in [0.4, 0.5) is 4.39 Å². The molecule has 0 bridgehead atoms. The highest BCUT2D eigenvalue weighted by Gasteiger charge is 2.23. The van der Waals surface area contributed by atoms with E-state index in [0.29, 0.717) is 34.4 Å². The second-order valence-corrected chi connectivity index (χ2v) is 7.68. The maximum atomic E-state index is 13.9. The number of imidazole rings is 1.